The SMILES string of the molecule is BrC(c1csc(I)c1)c1ccc2c(c1)CCC2. The van der Waals surface area contributed by atoms with E-state index in [4.69, 9.17) is 0 Å². The molecule has 1 aliphatic carbocycles. The third-order valence-electron chi connectivity index (χ3n) is 3.30. The van der Waals surface area contributed by atoms with Gasteiger partial charge >= 0.3 is 0 Å². The van der Waals surface area contributed by atoms with E-state index < -0.39 is 0 Å². The number of rotatable bonds is 2. The van der Waals surface area contributed by atoms with Gasteiger partial charge < -0.3 is 0 Å². The van der Waals surface area contributed by atoms with Crippen molar-refractivity contribution in [2.75, 3.05) is 0 Å². The zero-order valence-corrected chi connectivity index (χ0v) is 13.8. The second-order valence-electron chi connectivity index (χ2n) is 4.43. The molecule has 3 rings (SSSR count). The van der Waals surface area contributed by atoms with E-state index in [-0.39, 0.29) is 0 Å². The fourth-order valence-corrected chi connectivity index (χ4v) is 4.52. The normalized spacial score (nSPS) is 15.9. The zero-order valence-electron chi connectivity index (χ0n) is 9.25. The first-order valence-electron chi connectivity index (χ1n) is 5.74. The number of fused-ring (bicyclic) bond motifs is 1. The third-order valence-corrected chi connectivity index (χ3v) is 6.16. The first-order chi connectivity index (χ1) is 8.24. The summed E-state index contributed by atoms with van der Waals surface area (Å²) in [7, 11) is 0. The Balaban J connectivity index is 1.94. The summed E-state index contributed by atoms with van der Waals surface area (Å²) in [5.74, 6) is 0. The molecule has 0 aliphatic heterocycles. The molecule has 0 saturated carbocycles. The van der Waals surface area contributed by atoms with Gasteiger partial charge in [-0.1, -0.05) is 34.1 Å². The number of thiophene rings is 1. The van der Waals surface area contributed by atoms with Gasteiger partial charge in [-0.05, 0) is 75.6 Å². The highest BCUT2D eigenvalue weighted by atomic mass is 127. The maximum absolute atomic E-state index is 3.82. The smallest absolute Gasteiger partial charge is 0.0656 e. The molecular weight excluding hydrogens is 407 g/mol. The van der Waals surface area contributed by atoms with E-state index in [1.165, 1.54) is 33.3 Å². The number of aryl methyl sites for hydroxylation is 2. The number of benzene rings is 1. The first kappa shape index (κ1) is 12.2. The van der Waals surface area contributed by atoms with Crippen LogP contribution in [0.25, 0.3) is 0 Å². The van der Waals surface area contributed by atoms with Gasteiger partial charge in [0.15, 0.2) is 0 Å². The van der Waals surface area contributed by atoms with Crippen LogP contribution in [-0.4, -0.2) is 0 Å². The number of halogens is 2. The Kier molecular flexibility index (Phi) is 3.59. The van der Waals surface area contributed by atoms with E-state index >= 15 is 0 Å². The van der Waals surface area contributed by atoms with E-state index in [1.807, 2.05) is 11.3 Å². The second-order valence-corrected chi connectivity index (χ2v) is 8.15. The van der Waals surface area contributed by atoms with Gasteiger partial charge in [0.1, 0.15) is 0 Å². The summed E-state index contributed by atoms with van der Waals surface area (Å²) in [4.78, 5) is 0.341. The average Bonchev–Trinajstić information content (AvgIpc) is 2.95. The molecule has 88 valence electrons. The molecule has 0 radical (unpaired) electrons. The van der Waals surface area contributed by atoms with Crippen molar-refractivity contribution in [2.45, 2.75) is 24.1 Å². The second kappa shape index (κ2) is 5.02. The van der Waals surface area contributed by atoms with Crippen LogP contribution in [0.4, 0.5) is 0 Å². The lowest BCUT2D eigenvalue weighted by molar-refractivity contribution is 0.911. The van der Waals surface area contributed by atoms with E-state index in [0.29, 0.717) is 4.83 Å². The molecule has 0 N–H and O–H groups in total. The molecular formula is C14H12BrIS. The van der Waals surface area contributed by atoms with Gasteiger partial charge in [-0.2, -0.15) is 0 Å². The predicted octanol–water partition coefficient (Wildman–Crippen LogP) is 5.33. The minimum Gasteiger partial charge on any atom is -0.137 e. The predicted molar refractivity (Wildman–Crippen MR) is 86.3 cm³/mol. The molecule has 3 heteroatoms. The van der Waals surface area contributed by atoms with Crippen LogP contribution in [0.5, 0.6) is 0 Å². The van der Waals surface area contributed by atoms with Crippen molar-refractivity contribution in [3.8, 4) is 0 Å². The van der Waals surface area contributed by atoms with Crippen molar-refractivity contribution in [2.24, 2.45) is 0 Å². The standard InChI is InChI=1S/C14H12BrIS/c15-14(12-7-13(16)17-8-12)11-5-4-9-2-1-3-10(9)6-11/h4-8,14H,1-3H2. The minimum absolute atomic E-state index is 0.341. The molecule has 1 heterocycles. The molecule has 0 bridgehead atoms. The Hall–Kier alpha value is 0.130. The van der Waals surface area contributed by atoms with E-state index in [2.05, 4.69) is 68.2 Å². The van der Waals surface area contributed by atoms with E-state index in [0.717, 1.165) is 0 Å². The van der Waals surface area contributed by atoms with Crippen LogP contribution >= 0.6 is 49.9 Å². The highest BCUT2D eigenvalue weighted by molar-refractivity contribution is 14.1. The molecule has 0 nitrogen and oxygen atoms in total. The van der Waals surface area contributed by atoms with Gasteiger partial charge in [0, 0.05) is 0 Å². The van der Waals surface area contributed by atoms with Gasteiger partial charge in [0.25, 0.3) is 0 Å². The van der Waals surface area contributed by atoms with Crippen molar-refractivity contribution in [3.05, 3.63) is 54.8 Å². The van der Waals surface area contributed by atoms with E-state index in [1.54, 1.807) is 11.1 Å². The van der Waals surface area contributed by atoms with Crippen LogP contribution in [0.15, 0.2) is 29.6 Å². The summed E-state index contributed by atoms with van der Waals surface area (Å²) in [6.45, 7) is 0. The molecule has 1 aromatic heterocycles. The molecule has 2 aromatic rings. The Morgan fingerprint density at radius 3 is 2.71 bits per heavy atom. The molecule has 0 amide bonds. The molecule has 1 aliphatic rings. The quantitative estimate of drug-likeness (QED) is 0.457. The Labute approximate surface area is 128 Å². The lowest BCUT2D eigenvalue weighted by atomic mass is 10.0. The summed E-state index contributed by atoms with van der Waals surface area (Å²) in [6.07, 6.45) is 3.84. The van der Waals surface area contributed by atoms with Crippen LogP contribution in [0.1, 0.15) is 33.5 Å². The molecule has 1 atom stereocenters. The van der Waals surface area contributed by atoms with Gasteiger partial charge in [0.05, 0.1) is 7.71 Å². The van der Waals surface area contributed by atoms with Gasteiger partial charge in [-0.3, -0.25) is 0 Å². The van der Waals surface area contributed by atoms with Gasteiger partial charge in [0.2, 0.25) is 0 Å². The summed E-state index contributed by atoms with van der Waals surface area (Å²) in [6, 6.07) is 9.22. The number of hydrogen-bond donors (Lipinski definition) is 0. The number of hydrogen-bond acceptors (Lipinski definition) is 1. The Morgan fingerprint density at radius 1 is 1.12 bits per heavy atom. The van der Waals surface area contributed by atoms with E-state index in [9.17, 15) is 0 Å². The summed E-state index contributed by atoms with van der Waals surface area (Å²) >= 11 is 8.01. The van der Waals surface area contributed by atoms with Crippen LogP contribution in [0, 0.1) is 2.88 Å². The average molecular weight is 419 g/mol. The Bertz CT molecular complexity index is 547. The lowest BCUT2D eigenvalue weighted by Gasteiger charge is -2.10. The zero-order chi connectivity index (χ0) is 11.8. The van der Waals surface area contributed by atoms with Crippen molar-refractivity contribution < 1.29 is 0 Å². The molecule has 17 heavy (non-hydrogen) atoms. The van der Waals surface area contributed by atoms with Crippen molar-refractivity contribution >= 4 is 49.9 Å². The largest absolute Gasteiger partial charge is 0.137 e. The fraction of sp³-hybridized carbons (Fsp3) is 0.286. The van der Waals surface area contributed by atoms with Crippen LogP contribution in [0.2, 0.25) is 0 Å². The van der Waals surface area contributed by atoms with Crippen molar-refractivity contribution in [1.82, 2.24) is 0 Å². The molecule has 0 spiro atoms. The molecule has 0 fully saturated rings. The lowest BCUT2D eigenvalue weighted by Crippen LogP contribution is -1.93. The van der Waals surface area contributed by atoms with Crippen LogP contribution in [-0.2, 0) is 12.8 Å². The Morgan fingerprint density at radius 2 is 1.94 bits per heavy atom. The molecule has 1 aromatic carbocycles. The topological polar surface area (TPSA) is 0 Å². The molecule has 0 saturated heterocycles. The van der Waals surface area contributed by atoms with Crippen LogP contribution in [0.3, 0.4) is 0 Å². The highest BCUT2D eigenvalue weighted by Gasteiger charge is 2.16. The fourth-order valence-electron chi connectivity index (χ4n) is 2.40. The van der Waals surface area contributed by atoms with Gasteiger partial charge in [-0.25, -0.2) is 0 Å². The monoisotopic (exact) mass is 418 g/mol. The highest BCUT2D eigenvalue weighted by Crippen LogP contribution is 2.36. The first-order valence-corrected chi connectivity index (χ1v) is 8.61. The molecule has 1 unspecified atom stereocenters. The van der Waals surface area contributed by atoms with Crippen molar-refractivity contribution in [3.63, 3.8) is 0 Å². The minimum atomic E-state index is 0.341. The third kappa shape index (κ3) is 2.47. The van der Waals surface area contributed by atoms with Crippen LogP contribution < -0.4 is 0 Å². The summed E-state index contributed by atoms with van der Waals surface area (Å²) in [5.41, 5.74) is 5.86. The summed E-state index contributed by atoms with van der Waals surface area (Å²) < 4.78 is 1.35. The number of alkyl halides is 1. The van der Waals surface area contributed by atoms with Crippen molar-refractivity contribution in [1.29, 1.82) is 0 Å². The summed E-state index contributed by atoms with van der Waals surface area (Å²) in [5, 5.41) is 2.24. The maximum Gasteiger partial charge on any atom is 0.0656 e. The van der Waals surface area contributed by atoms with Gasteiger partial charge in [-0.15, -0.1) is 11.3 Å². The maximum atomic E-state index is 3.82.